The van der Waals surface area contributed by atoms with Crippen molar-refractivity contribution >= 4 is 58.9 Å². The second-order valence-electron chi connectivity index (χ2n) is 14.9. The summed E-state index contributed by atoms with van der Waals surface area (Å²) in [5, 5.41) is 4.70. The Morgan fingerprint density at radius 1 is 0.636 bits per heavy atom. The molecule has 55 heavy (non-hydrogen) atoms. The molecular weight excluding hydrogens is 751 g/mol. The van der Waals surface area contributed by atoms with Crippen molar-refractivity contribution in [2.24, 2.45) is 0 Å². The number of benzene rings is 4. The largest absolute Gasteiger partial charge is 1.00 e. The molecule has 2 heterocycles. The van der Waals surface area contributed by atoms with Crippen LogP contribution in [0.25, 0.3) is 21.5 Å². The number of anilines is 1. The molecule has 4 aromatic rings. The quantitative estimate of drug-likeness (QED) is 0.0633. The molecule has 0 radical (unpaired) electrons. The van der Waals surface area contributed by atoms with Crippen molar-refractivity contribution in [1.29, 1.82) is 0 Å². The van der Waals surface area contributed by atoms with Crippen molar-refractivity contribution in [3.05, 3.63) is 132 Å². The van der Waals surface area contributed by atoms with Gasteiger partial charge in [-0.25, -0.2) is 16.8 Å². The predicted molar refractivity (Wildman–Crippen MR) is 214 cm³/mol. The summed E-state index contributed by atoms with van der Waals surface area (Å²) in [4.78, 5) is 2.26. The number of fused-ring (bicyclic) bond motifs is 6. The molecule has 0 atom stereocenters. The Morgan fingerprint density at radius 3 is 1.82 bits per heavy atom. The van der Waals surface area contributed by atoms with E-state index in [1.165, 1.54) is 21.9 Å². The van der Waals surface area contributed by atoms with Crippen molar-refractivity contribution < 1.29 is 89.6 Å². The van der Waals surface area contributed by atoms with E-state index in [0.717, 1.165) is 33.6 Å². The van der Waals surface area contributed by atoms with Gasteiger partial charge < -0.3 is 14.0 Å². The van der Waals surface area contributed by atoms with Crippen LogP contribution < -0.4 is 64.0 Å². The normalized spacial score (nSPS) is 17.1. The molecule has 2 aliphatic heterocycles. The Balaban J connectivity index is 0.00000336. The van der Waals surface area contributed by atoms with Crippen LogP contribution in [0.4, 0.5) is 11.4 Å². The average molecular weight is 798 g/mol. The number of hydrogen-bond donors (Lipinski definition) is 0. The van der Waals surface area contributed by atoms with Crippen LogP contribution in [0, 0.1) is 0 Å². The number of allylic oxidation sites excluding steroid dienone is 8. The maximum Gasteiger partial charge on any atom is 1.00 e. The zero-order valence-corrected chi connectivity index (χ0v) is 38.4. The van der Waals surface area contributed by atoms with Gasteiger partial charge in [0, 0.05) is 59.0 Å². The monoisotopic (exact) mass is 797 g/mol. The van der Waals surface area contributed by atoms with Gasteiger partial charge >= 0.3 is 59.1 Å². The van der Waals surface area contributed by atoms with Crippen LogP contribution in [0.3, 0.4) is 0 Å². The van der Waals surface area contributed by atoms with Gasteiger partial charge in [-0.2, -0.15) is 4.58 Å². The molecule has 0 aromatic heterocycles. The van der Waals surface area contributed by atoms with Gasteiger partial charge in [-0.1, -0.05) is 98.8 Å². The smallest absolute Gasteiger partial charge is 0.748 e. The third-order valence-corrected chi connectivity index (χ3v) is 12.1. The molecule has 12 heteroatoms. The van der Waals surface area contributed by atoms with Crippen molar-refractivity contribution in [3.63, 3.8) is 0 Å². The molecule has 0 spiro atoms. The van der Waals surface area contributed by atoms with Crippen molar-refractivity contribution in [2.75, 3.05) is 29.5 Å². The Bertz CT molecular complexity index is 2430. The van der Waals surface area contributed by atoms with E-state index >= 15 is 0 Å². The first-order valence-corrected chi connectivity index (χ1v) is 21.3. The summed E-state index contributed by atoms with van der Waals surface area (Å²) in [6, 6.07) is 25.2. The molecule has 4 aromatic carbocycles. The second kappa shape index (κ2) is 18.5. The fraction of sp³-hybridized carbons (Fsp3) is 0.326. The van der Waals surface area contributed by atoms with Crippen LogP contribution in [0.15, 0.2) is 121 Å². The number of hydrogen-bond acceptors (Lipinski definition) is 7. The van der Waals surface area contributed by atoms with Crippen LogP contribution in [-0.4, -0.2) is 60.8 Å². The third kappa shape index (κ3) is 10.2. The molecule has 278 valence electrons. The van der Waals surface area contributed by atoms with Crippen LogP contribution in [-0.2, 0) is 31.1 Å². The molecule has 0 unspecified atom stereocenters. The van der Waals surface area contributed by atoms with Crippen molar-refractivity contribution in [2.45, 2.75) is 64.2 Å². The molecule has 0 amide bonds. The molecule has 0 saturated carbocycles. The van der Waals surface area contributed by atoms with E-state index in [0.29, 0.717) is 38.8 Å². The van der Waals surface area contributed by atoms with E-state index < -0.39 is 20.2 Å². The number of nitrogens with zero attached hydrogens (tertiary/aromatic N) is 2. The first-order valence-electron chi connectivity index (χ1n) is 18.2. The van der Waals surface area contributed by atoms with Gasteiger partial charge in [0.1, 0.15) is 6.54 Å². The minimum absolute atomic E-state index is 0. The summed E-state index contributed by atoms with van der Waals surface area (Å²) >= 11 is 0. The van der Waals surface area contributed by atoms with Crippen molar-refractivity contribution in [1.82, 2.24) is 0 Å². The fourth-order valence-corrected chi connectivity index (χ4v) is 9.25. The van der Waals surface area contributed by atoms with Gasteiger partial charge in [0.05, 0.1) is 25.7 Å². The molecule has 0 saturated heterocycles. The van der Waals surface area contributed by atoms with Crippen LogP contribution in [0.1, 0.15) is 64.5 Å². The van der Waals surface area contributed by atoms with Gasteiger partial charge in [-0.3, -0.25) is 0 Å². The molecule has 0 N–H and O–H groups in total. The third-order valence-electron chi connectivity index (χ3n) is 10.5. The summed E-state index contributed by atoms with van der Waals surface area (Å²) < 4.78 is 69.8. The maximum absolute atomic E-state index is 11.3. The van der Waals surface area contributed by atoms with Gasteiger partial charge in [0.25, 0.3) is 0 Å². The Kier molecular flexibility index (Phi) is 15.2. The fourth-order valence-electron chi connectivity index (χ4n) is 8.14. The van der Waals surface area contributed by atoms with Gasteiger partial charge in [0.15, 0.2) is 5.71 Å². The molecule has 0 bridgehead atoms. The number of rotatable bonds is 14. The zero-order valence-electron chi connectivity index (χ0n) is 32.8. The summed E-state index contributed by atoms with van der Waals surface area (Å²) in [6.07, 6.45) is 16.0. The van der Waals surface area contributed by atoms with E-state index in [9.17, 15) is 25.9 Å². The molecular formula is C43H47N2Na2O6S2+. The molecule has 2 aliphatic rings. The first kappa shape index (κ1) is 45.4. The predicted octanol–water partition coefficient (Wildman–Crippen LogP) is 2.38. The van der Waals surface area contributed by atoms with Crippen molar-refractivity contribution in [3.8, 4) is 0 Å². The topological polar surface area (TPSA) is 121 Å². The van der Waals surface area contributed by atoms with Gasteiger partial charge in [0.2, 0.25) is 5.69 Å². The first-order chi connectivity index (χ1) is 25.1. The summed E-state index contributed by atoms with van der Waals surface area (Å²) in [5.41, 5.74) is 6.22. The van der Waals surface area contributed by atoms with Crippen LogP contribution >= 0.6 is 0 Å². The average Bonchev–Trinajstić information content (AvgIpc) is 3.45. The van der Waals surface area contributed by atoms with Gasteiger partial charge in [-0.05, 0) is 78.4 Å². The Labute approximate surface area is 370 Å². The van der Waals surface area contributed by atoms with Gasteiger partial charge in [-0.15, -0.1) is 0 Å². The van der Waals surface area contributed by atoms with E-state index in [-0.39, 0.29) is 81.5 Å². The Morgan fingerprint density at radius 2 is 1.18 bits per heavy atom. The summed E-state index contributed by atoms with van der Waals surface area (Å²) in [7, 11) is -8.52. The van der Waals surface area contributed by atoms with E-state index in [1.807, 2.05) is 42.5 Å². The van der Waals surface area contributed by atoms with E-state index in [1.54, 1.807) is 0 Å². The molecule has 8 nitrogen and oxygen atoms in total. The molecule has 0 aliphatic carbocycles. The summed E-state index contributed by atoms with van der Waals surface area (Å²) in [5.74, 6) is -0.733. The van der Waals surface area contributed by atoms with Crippen LogP contribution in [0.5, 0.6) is 0 Å². The maximum atomic E-state index is 11.3. The number of unbranched alkanes of at least 4 members (excludes halogenated alkanes) is 2. The standard InChI is InChI=1S/C43H48N2O6S2.2Na/c1-42(2)38(44(28-14-16-30-52(46,47)48)36-26-24-32-18-10-12-20-34(32)40(36)42)22-8-6-5-7-9-23-39-43(3,4)41-35-21-13-11-19-33(35)25-27-37(41)45(39)29-15-17-31-53(49,50)51;;/h5-13,18-27H,14-17,28-31H2,1-4H3,(H-,46,47,48,49,50,51);;/q;2*+1/p-1. The Hall–Kier alpha value is -2.35. The minimum atomic E-state index is -4.26. The molecule has 0 fully saturated rings. The summed E-state index contributed by atoms with van der Waals surface area (Å²) in [6.45, 7) is 10.0. The SMILES string of the molecule is CC1(C)C(/C=C/C=C/C=C/C=C2/N(CCCCS(=O)(=O)[O-])c3ccc4ccccc4c3C2(C)C)=[N+](CCCCS(=O)(=O)[O-])c2ccc3ccccc3c21.[Na+].[Na+]. The minimum Gasteiger partial charge on any atom is -0.748 e. The zero-order chi connectivity index (χ0) is 38.0. The molecule has 6 rings (SSSR count). The van der Waals surface area contributed by atoms with E-state index in [4.69, 9.17) is 0 Å². The van der Waals surface area contributed by atoms with Crippen LogP contribution in [0.2, 0.25) is 0 Å². The second-order valence-corrected chi connectivity index (χ2v) is 18.0. The van der Waals surface area contributed by atoms with E-state index in [2.05, 4.69) is 110 Å².